The molecule has 24 heavy (non-hydrogen) atoms. The van der Waals surface area contributed by atoms with Crippen molar-refractivity contribution in [1.82, 2.24) is 4.98 Å². The van der Waals surface area contributed by atoms with Crippen molar-refractivity contribution in [3.63, 3.8) is 0 Å². The fraction of sp³-hybridized carbons (Fsp3) is 0.188. The average molecular weight is 328 g/mol. The number of hydrogen-bond acceptors (Lipinski definition) is 7. The van der Waals surface area contributed by atoms with Gasteiger partial charge in [0.25, 0.3) is 5.69 Å². The number of ether oxygens (including phenoxy) is 2. The number of methoxy groups -OCH3 is 1. The van der Waals surface area contributed by atoms with Crippen LogP contribution < -0.4 is 0 Å². The number of pyridine rings is 1. The minimum atomic E-state index is -0.726. The number of nitrogens with zero attached hydrogens (tertiary/aromatic N) is 2. The molecule has 0 saturated carbocycles. The van der Waals surface area contributed by atoms with Gasteiger partial charge in [0.15, 0.2) is 0 Å². The molecule has 1 aliphatic heterocycles. The van der Waals surface area contributed by atoms with E-state index < -0.39 is 16.9 Å². The summed E-state index contributed by atoms with van der Waals surface area (Å²) in [5, 5.41) is 11.4. The molecule has 0 fully saturated rings. The van der Waals surface area contributed by atoms with Gasteiger partial charge in [-0.1, -0.05) is 12.1 Å². The first-order valence-electron chi connectivity index (χ1n) is 6.98. The van der Waals surface area contributed by atoms with Crippen LogP contribution in [0.4, 0.5) is 5.69 Å². The Balaban J connectivity index is 2.45. The van der Waals surface area contributed by atoms with Crippen molar-refractivity contribution >= 4 is 17.6 Å². The summed E-state index contributed by atoms with van der Waals surface area (Å²) in [6.07, 6.45) is 0. The van der Waals surface area contributed by atoms with E-state index in [1.54, 1.807) is 13.0 Å². The van der Waals surface area contributed by atoms with Gasteiger partial charge >= 0.3 is 11.9 Å². The highest BCUT2D eigenvalue weighted by atomic mass is 16.6. The predicted octanol–water partition coefficient (Wildman–Crippen LogP) is 2.42. The molecule has 0 bridgehead atoms. The number of fused-ring (bicyclic) bond motifs is 1. The Bertz CT molecular complexity index is 890. The zero-order chi connectivity index (χ0) is 17.4. The average Bonchev–Trinajstić information content (AvgIpc) is 2.93. The van der Waals surface area contributed by atoms with Gasteiger partial charge in [-0.15, -0.1) is 0 Å². The number of nitro benzene ring substituents is 1. The smallest absolute Gasteiger partial charge is 0.341 e. The summed E-state index contributed by atoms with van der Waals surface area (Å²) in [4.78, 5) is 39.4. The number of carbonyl (C=O) groups excluding carboxylic acids is 2. The van der Waals surface area contributed by atoms with E-state index in [0.29, 0.717) is 11.4 Å². The summed E-state index contributed by atoms with van der Waals surface area (Å²) in [7, 11) is 1.19. The summed E-state index contributed by atoms with van der Waals surface area (Å²) in [5.74, 6) is -1.40. The van der Waals surface area contributed by atoms with Crippen LogP contribution in [0, 0.1) is 17.0 Å². The second-order valence-electron chi connectivity index (χ2n) is 5.11. The lowest BCUT2D eigenvalue weighted by Crippen LogP contribution is -2.13. The molecule has 2 heterocycles. The first-order valence-corrected chi connectivity index (χ1v) is 6.98. The van der Waals surface area contributed by atoms with E-state index in [1.807, 2.05) is 0 Å². The minimum Gasteiger partial charge on any atom is -0.465 e. The monoisotopic (exact) mass is 328 g/mol. The molecule has 1 aromatic carbocycles. The van der Waals surface area contributed by atoms with Crippen LogP contribution in [0.5, 0.6) is 0 Å². The highest BCUT2D eigenvalue weighted by Crippen LogP contribution is 2.39. The number of nitro groups is 1. The highest BCUT2D eigenvalue weighted by molar-refractivity contribution is 6.09. The molecule has 0 aliphatic carbocycles. The quantitative estimate of drug-likeness (QED) is 0.483. The molecular formula is C16H12N2O6. The van der Waals surface area contributed by atoms with E-state index in [9.17, 15) is 19.7 Å². The summed E-state index contributed by atoms with van der Waals surface area (Å²) in [6, 6.07) is 5.88. The molecular weight excluding hydrogens is 316 g/mol. The van der Waals surface area contributed by atoms with Crippen LogP contribution in [-0.4, -0.2) is 29.0 Å². The summed E-state index contributed by atoms with van der Waals surface area (Å²) < 4.78 is 9.76. The van der Waals surface area contributed by atoms with E-state index in [4.69, 9.17) is 9.47 Å². The van der Waals surface area contributed by atoms with Crippen LogP contribution in [0.15, 0.2) is 24.3 Å². The second kappa shape index (κ2) is 5.73. The Morgan fingerprint density at radius 3 is 2.71 bits per heavy atom. The molecule has 1 aromatic heterocycles. The Labute approximate surface area is 136 Å². The molecule has 0 saturated heterocycles. The molecule has 0 radical (unpaired) electrons. The fourth-order valence-corrected chi connectivity index (χ4v) is 2.76. The maximum Gasteiger partial charge on any atom is 0.341 e. The van der Waals surface area contributed by atoms with Crippen LogP contribution in [0.3, 0.4) is 0 Å². The van der Waals surface area contributed by atoms with Gasteiger partial charge in [0.2, 0.25) is 0 Å². The maximum absolute atomic E-state index is 12.2. The van der Waals surface area contributed by atoms with Crippen molar-refractivity contribution in [3.8, 4) is 11.1 Å². The molecule has 1 aliphatic rings. The van der Waals surface area contributed by atoms with E-state index >= 15 is 0 Å². The summed E-state index contributed by atoms with van der Waals surface area (Å²) >= 11 is 0. The molecule has 0 spiro atoms. The first kappa shape index (κ1) is 15.6. The normalized spacial score (nSPS) is 12.5. The maximum atomic E-state index is 12.2. The number of aryl methyl sites for hydroxylation is 1. The Morgan fingerprint density at radius 2 is 2.04 bits per heavy atom. The van der Waals surface area contributed by atoms with Gasteiger partial charge in [0.1, 0.15) is 6.61 Å². The van der Waals surface area contributed by atoms with Crippen molar-refractivity contribution in [1.29, 1.82) is 0 Å². The molecule has 122 valence electrons. The van der Waals surface area contributed by atoms with Crippen LogP contribution in [0.25, 0.3) is 11.1 Å². The van der Waals surface area contributed by atoms with Crippen molar-refractivity contribution in [2.75, 3.05) is 7.11 Å². The van der Waals surface area contributed by atoms with E-state index in [2.05, 4.69) is 4.98 Å². The number of hydrogen-bond donors (Lipinski definition) is 0. The van der Waals surface area contributed by atoms with Gasteiger partial charge in [0, 0.05) is 11.6 Å². The largest absolute Gasteiger partial charge is 0.465 e. The highest BCUT2D eigenvalue weighted by Gasteiger charge is 2.35. The molecule has 8 nitrogen and oxygen atoms in total. The van der Waals surface area contributed by atoms with Crippen LogP contribution in [-0.2, 0) is 16.1 Å². The Hall–Kier alpha value is -3.29. The second-order valence-corrected chi connectivity index (χ2v) is 5.11. The predicted molar refractivity (Wildman–Crippen MR) is 81.5 cm³/mol. The van der Waals surface area contributed by atoms with Crippen LogP contribution >= 0.6 is 0 Å². The topological polar surface area (TPSA) is 109 Å². The third kappa shape index (κ3) is 2.28. The standard InChI is InChI=1S/C16H12N2O6/c1-8-12(15(19)23-2)13(14-10(17-8)7-24-16(14)20)9-5-3-4-6-11(9)18(21)22/h3-6H,7H2,1-2H3. The number of carbonyl (C=O) groups is 2. The number of cyclic esters (lactones) is 1. The van der Waals surface area contributed by atoms with Gasteiger partial charge in [-0.05, 0) is 13.0 Å². The van der Waals surface area contributed by atoms with Crippen molar-refractivity contribution < 1.29 is 24.0 Å². The summed E-state index contributed by atoms with van der Waals surface area (Å²) in [5.41, 5.74) is 0.780. The van der Waals surface area contributed by atoms with Gasteiger partial charge < -0.3 is 9.47 Å². The molecule has 0 unspecified atom stereocenters. The zero-order valence-corrected chi connectivity index (χ0v) is 12.9. The molecule has 0 amide bonds. The first-order chi connectivity index (χ1) is 11.5. The molecule has 8 heteroatoms. The number of aromatic nitrogens is 1. The number of para-hydroxylation sites is 1. The van der Waals surface area contributed by atoms with E-state index in [-0.39, 0.29) is 34.5 Å². The van der Waals surface area contributed by atoms with Crippen molar-refractivity contribution in [3.05, 3.63) is 56.9 Å². The molecule has 3 rings (SSSR count). The van der Waals surface area contributed by atoms with Crippen molar-refractivity contribution in [2.45, 2.75) is 13.5 Å². The Morgan fingerprint density at radius 1 is 1.33 bits per heavy atom. The zero-order valence-electron chi connectivity index (χ0n) is 12.9. The number of rotatable bonds is 3. The van der Waals surface area contributed by atoms with Crippen LogP contribution in [0.1, 0.15) is 32.1 Å². The van der Waals surface area contributed by atoms with E-state index in [0.717, 1.165) is 0 Å². The number of benzene rings is 1. The lowest BCUT2D eigenvalue weighted by atomic mass is 9.92. The minimum absolute atomic E-state index is 0.0180. The number of esters is 2. The van der Waals surface area contributed by atoms with E-state index in [1.165, 1.54) is 25.3 Å². The van der Waals surface area contributed by atoms with Gasteiger partial charge in [-0.3, -0.25) is 15.1 Å². The third-order valence-electron chi connectivity index (χ3n) is 3.76. The molecule has 2 aromatic rings. The molecule has 0 N–H and O–H groups in total. The van der Waals surface area contributed by atoms with Crippen LogP contribution in [0.2, 0.25) is 0 Å². The fourth-order valence-electron chi connectivity index (χ4n) is 2.76. The van der Waals surface area contributed by atoms with Gasteiger partial charge in [-0.25, -0.2) is 9.59 Å². The van der Waals surface area contributed by atoms with Crippen molar-refractivity contribution in [2.24, 2.45) is 0 Å². The lowest BCUT2D eigenvalue weighted by molar-refractivity contribution is -0.384. The SMILES string of the molecule is COC(=O)c1c(C)nc2c(c1-c1ccccc1[N+](=O)[O-])C(=O)OC2. The van der Waals surface area contributed by atoms with Gasteiger partial charge in [-0.2, -0.15) is 0 Å². The lowest BCUT2D eigenvalue weighted by Gasteiger charge is -2.13. The molecule has 0 atom stereocenters. The Kier molecular flexibility index (Phi) is 3.72. The summed E-state index contributed by atoms with van der Waals surface area (Å²) in [6.45, 7) is 1.54. The third-order valence-corrected chi connectivity index (χ3v) is 3.76. The van der Waals surface area contributed by atoms with Gasteiger partial charge in [0.05, 0.1) is 40.1 Å².